The minimum absolute atomic E-state index is 0.125. The highest BCUT2D eigenvalue weighted by Crippen LogP contribution is 2.08. The van der Waals surface area contributed by atoms with Gasteiger partial charge in [0.2, 0.25) is 0 Å². The van der Waals surface area contributed by atoms with Gasteiger partial charge in [-0.25, -0.2) is 0 Å². The van der Waals surface area contributed by atoms with Gasteiger partial charge in [0, 0.05) is 0 Å². The van der Waals surface area contributed by atoms with Gasteiger partial charge in [-0.15, -0.1) is 0 Å². The van der Waals surface area contributed by atoms with Gasteiger partial charge < -0.3 is 15.9 Å². The average molecular weight is 233 g/mol. The van der Waals surface area contributed by atoms with Crippen LogP contribution >= 0.6 is 0 Å². The topological polar surface area (TPSA) is 66.5 Å². The molecule has 3 nitrogen and oxygen atoms in total. The Hall–Kier alpha value is -0.120. The Morgan fingerprint density at radius 1 is 0.688 bits per heavy atom. The Morgan fingerprint density at radius 2 is 1.06 bits per heavy atom. The lowest BCUT2D eigenvalue weighted by molar-refractivity contribution is 0.186. The van der Waals surface area contributed by atoms with E-state index >= 15 is 0 Å². The third-order valence-corrected chi connectivity index (χ3v) is 2.41. The highest BCUT2D eigenvalue weighted by Gasteiger charge is 1.90. The largest absolute Gasteiger partial charge is 0.394 e. The Kier molecular flexibility index (Phi) is 23.2. The Balaban J connectivity index is 0. The highest BCUT2D eigenvalue weighted by molar-refractivity contribution is 4.46. The van der Waals surface area contributed by atoms with Crippen molar-refractivity contribution in [2.45, 2.75) is 64.7 Å². The third-order valence-electron chi connectivity index (χ3n) is 2.41. The predicted molar refractivity (Wildman–Crippen MR) is 70.5 cm³/mol. The number of unbranched alkanes of at least 4 members (excludes halogenated alkanes) is 8. The quantitative estimate of drug-likeness (QED) is 0.508. The molecule has 0 amide bonds. The molecular weight excluding hydrogens is 202 g/mol. The van der Waals surface area contributed by atoms with Gasteiger partial charge in [-0.2, -0.15) is 0 Å². The van der Waals surface area contributed by atoms with Crippen molar-refractivity contribution in [2.24, 2.45) is 5.73 Å². The van der Waals surface area contributed by atoms with E-state index in [1.165, 1.54) is 57.8 Å². The highest BCUT2D eigenvalue weighted by atomic mass is 16.3. The first kappa shape index (κ1) is 18.3. The molecule has 0 aliphatic heterocycles. The van der Waals surface area contributed by atoms with E-state index in [0.29, 0.717) is 0 Å². The molecule has 0 heterocycles. The number of hydrogen-bond donors (Lipinski definition) is 3. The Labute approximate surface area is 101 Å². The van der Waals surface area contributed by atoms with Crippen molar-refractivity contribution in [3.8, 4) is 0 Å². The fourth-order valence-electron chi connectivity index (χ4n) is 1.45. The minimum Gasteiger partial charge on any atom is -0.394 e. The number of nitrogens with two attached hydrogens (primary N) is 1. The first-order valence-corrected chi connectivity index (χ1v) is 6.75. The monoisotopic (exact) mass is 233 g/mol. The normalized spacial score (nSPS) is 9.75. The summed E-state index contributed by atoms with van der Waals surface area (Å²) in [7, 11) is 0. The van der Waals surface area contributed by atoms with E-state index in [1.54, 1.807) is 0 Å². The summed E-state index contributed by atoms with van der Waals surface area (Å²) >= 11 is 0. The Morgan fingerprint density at radius 3 is 1.38 bits per heavy atom. The molecule has 0 rings (SSSR count). The second-order valence-electron chi connectivity index (χ2n) is 4.06. The second kappa shape index (κ2) is 20.3. The molecule has 0 atom stereocenters. The van der Waals surface area contributed by atoms with E-state index in [2.05, 4.69) is 6.92 Å². The van der Waals surface area contributed by atoms with Crippen LogP contribution < -0.4 is 5.73 Å². The lowest BCUT2D eigenvalue weighted by Crippen LogP contribution is -1.97. The van der Waals surface area contributed by atoms with Crippen molar-refractivity contribution in [3.05, 3.63) is 0 Å². The molecule has 0 aromatic heterocycles. The van der Waals surface area contributed by atoms with Gasteiger partial charge >= 0.3 is 0 Å². The predicted octanol–water partition coefficient (Wildman–Crippen LogP) is 2.45. The van der Waals surface area contributed by atoms with Crippen molar-refractivity contribution in [1.82, 2.24) is 0 Å². The first-order chi connectivity index (χ1) is 7.83. The lowest BCUT2D eigenvalue weighted by atomic mass is 10.1. The van der Waals surface area contributed by atoms with Gasteiger partial charge in [-0.05, 0) is 13.0 Å². The Bertz CT molecular complexity index is 87.9. The van der Waals surface area contributed by atoms with Crippen LogP contribution in [0.5, 0.6) is 0 Å². The van der Waals surface area contributed by atoms with E-state index < -0.39 is 0 Å². The van der Waals surface area contributed by atoms with Crippen LogP contribution in [0, 0.1) is 0 Å². The summed E-state index contributed by atoms with van der Waals surface area (Å²) in [5.41, 5.74) is 5.41. The molecule has 0 radical (unpaired) electrons. The van der Waals surface area contributed by atoms with Crippen molar-refractivity contribution in [3.63, 3.8) is 0 Å². The molecule has 0 aromatic rings. The van der Waals surface area contributed by atoms with E-state index in [1.807, 2.05) is 0 Å². The summed E-state index contributed by atoms with van der Waals surface area (Å²) in [6, 6.07) is 0. The molecule has 16 heavy (non-hydrogen) atoms. The number of rotatable bonds is 10. The minimum atomic E-state index is -0.125. The fourth-order valence-corrected chi connectivity index (χ4v) is 1.45. The van der Waals surface area contributed by atoms with E-state index in [0.717, 1.165) is 6.54 Å². The first-order valence-electron chi connectivity index (χ1n) is 6.75. The second-order valence-corrected chi connectivity index (χ2v) is 4.06. The van der Waals surface area contributed by atoms with E-state index in [-0.39, 0.29) is 13.2 Å². The maximum absolute atomic E-state index is 7.62. The van der Waals surface area contributed by atoms with Crippen LogP contribution in [0.25, 0.3) is 0 Å². The number of aliphatic hydroxyl groups is 2. The number of hydrogen-bond acceptors (Lipinski definition) is 3. The van der Waals surface area contributed by atoms with Crippen LogP contribution in [0.1, 0.15) is 64.7 Å². The zero-order chi connectivity index (χ0) is 12.5. The molecule has 0 bridgehead atoms. The van der Waals surface area contributed by atoms with E-state index in [4.69, 9.17) is 15.9 Å². The zero-order valence-electron chi connectivity index (χ0n) is 11.0. The standard InChI is InChI=1S/C11H25N.C2H6O2/c1-2-3-4-5-6-7-8-9-10-11-12;3-1-2-4/h2-12H2,1H3;3-4H,1-2H2. The fraction of sp³-hybridized carbons (Fsp3) is 1.00. The molecule has 0 fully saturated rings. The maximum Gasteiger partial charge on any atom is 0.0662 e. The average Bonchev–Trinajstić information content (AvgIpc) is 2.33. The van der Waals surface area contributed by atoms with Crippen molar-refractivity contribution >= 4 is 0 Å². The molecule has 0 aliphatic rings. The van der Waals surface area contributed by atoms with Crippen LogP contribution in [0.4, 0.5) is 0 Å². The van der Waals surface area contributed by atoms with Gasteiger partial charge in [0.15, 0.2) is 0 Å². The van der Waals surface area contributed by atoms with Gasteiger partial charge in [0.1, 0.15) is 0 Å². The van der Waals surface area contributed by atoms with Crippen molar-refractivity contribution in [1.29, 1.82) is 0 Å². The molecule has 0 spiro atoms. The summed E-state index contributed by atoms with van der Waals surface area (Å²) in [5.74, 6) is 0. The summed E-state index contributed by atoms with van der Waals surface area (Å²) in [4.78, 5) is 0. The summed E-state index contributed by atoms with van der Waals surface area (Å²) in [6.45, 7) is 2.89. The summed E-state index contributed by atoms with van der Waals surface area (Å²) in [6.07, 6.45) is 12.5. The van der Waals surface area contributed by atoms with Gasteiger partial charge in [0.05, 0.1) is 13.2 Å². The molecule has 100 valence electrons. The van der Waals surface area contributed by atoms with Crippen molar-refractivity contribution in [2.75, 3.05) is 19.8 Å². The molecule has 0 unspecified atom stereocenters. The van der Waals surface area contributed by atoms with Crippen LogP contribution in [0.3, 0.4) is 0 Å². The zero-order valence-corrected chi connectivity index (χ0v) is 11.0. The molecule has 3 heteroatoms. The van der Waals surface area contributed by atoms with Crippen LogP contribution in [0.15, 0.2) is 0 Å². The summed E-state index contributed by atoms with van der Waals surface area (Å²) < 4.78 is 0. The molecule has 0 aromatic carbocycles. The smallest absolute Gasteiger partial charge is 0.0662 e. The van der Waals surface area contributed by atoms with Crippen LogP contribution in [-0.2, 0) is 0 Å². The van der Waals surface area contributed by atoms with Gasteiger partial charge in [-0.1, -0.05) is 58.3 Å². The number of aliphatic hydroxyl groups excluding tert-OH is 2. The lowest BCUT2D eigenvalue weighted by Gasteiger charge is -1.99. The van der Waals surface area contributed by atoms with Crippen LogP contribution in [0.2, 0.25) is 0 Å². The molecular formula is C13H31NO2. The van der Waals surface area contributed by atoms with Gasteiger partial charge in [0.25, 0.3) is 0 Å². The third kappa shape index (κ3) is 23.6. The molecule has 0 saturated carbocycles. The van der Waals surface area contributed by atoms with Crippen molar-refractivity contribution < 1.29 is 10.2 Å². The van der Waals surface area contributed by atoms with E-state index in [9.17, 15) is 0 Å². The molecule has 0 saturated heterocycles. The molecule has 4 N–H and O–H groups in total. The molecule has 0 aliphatic carbocycles. The van der Waals surface area contributed by atoms with Crippen LogP contribution in [-0.4, -0.2) is 30.0 Å². The maximum atomic E-state index is 7.62. The van der Waals surface area contributed by atoms with Gasteiger partial charge in [-0.3, -0.25) is 0 Å². The summed E-state index contributed by atoms with van der Waals surface area (Å²) in [5, 5.41) is 15.2. The SMILES string of the molecule is CCCCCCCCCCCN.OCCO.